The van der Waals surface area contributed by atoms with Gasteiger partial charge in [0.2, 0.25) is 5.91 Å². The number of thiophene rings is 1. The van der Waals surface area contributed by atoms with Crippen LogP contribution in [0, 0.1) is 5.92 Å². The quantitative estimate of drug-likeness (QED) is 0.493. The van der Waals surface area contributed by atoms with Crippen molar-refractivity contribution in [3.63, 3.8) is 0 Å². The third kappa shape index (κ3) is 4.96. The Bertz CT molecular complexity index is 802. The summed E-state index contributed by atoms with van der Waals surface area (Å²) in [5.41, 5.74) is 1.49. The van der Waals surface area contributed by atoms with Gasteiger partial charge in [-0.15, -0.1) is 21.5 Å². The molecule has 0 saturated heterocycles. The fourth-order valence-corrected chi connectivity index (χ4v) is 5.54. The fraction of sp³-hybridized carbons (Fsp3) is 0.650. The van der Waals surface area contributed by atoms with Crippen LogP contribution in [-0.4, -0.2) is 46.2 Å². The summed E-state index contributed by atoms with van der Waals surface area (Å²) in [5, 5.41) is 12.3. The number of ether oxygens (including phenoxy) is 1. The van der Waals surface area contributed by atoms with E-state index < -0.39 is 0 Å². The van der Waals surface area contributed by atoms with E-state index in [1.165, 1.54) is 52.8 Å². The molecule has 0 bridgehead atoms. The first-order valence-corrected chi connectivity index (χ1v) is 11.7. The highest BCUT2D eigenvalue weighted by Crippen LogP contribution is 2.38. The number of methoxy groups -OCH3 is 1. The van der Waals surface area contributed by atoms with Crippen LogP contribution in [0.5, 0.6) is 0 Å². The molecular formula is C20H30N4O2S2. The summed E-state index contributed by atoms with van der Waals surface area (Å²) in [4.78, 5) is 14.9. The Balaban J connectivity index is 1.64. The van der Waals surface area contributed by atoms with Crippen LogP contribution in [0.15, 0.2) is 11.2 Å². The number of hydrogen-bond donors (Lipinski definition) is 1. The number of aryl methyl sites for hydroxylation is 1. The molecule has 2 unspecified atom stereocenters. The molecule has 1 aliphatic carbocycles. The van der Waals surface area contributed by atoms with Crippen molar-refractivity contribution in [1.82, 2.24) is 20.1 Å². The SMILES string of the molecule is CCC1CCc2sc(-c3nnc(SC(C)C(=O)NCCCOC)n3C)cc2C1. The van der Waals surface area contributed by atoms with Gasteiger partial charge in [-0.3, -0.25) is 4.79 Å². The Morgan fingerprint density at radius 2 is 2.32 bits per heavy atom. The van der Waals surface area contributed by atoms with Crippen molar-refractivity contribution in [2.24, 2.45) is 13.0 Å². The van der Waals surface area contributed by atoms with Crippen molar-refractivity contribution in [3.8, 4) is 10.7 Å². The van der Waals surface area contributed by atoms with Gasteiger partial charge in [0.1, 0.15) is 0 Å². The summed E-state index contributed by atoms with van der Waals surface area (Å²) in [6.07, 6.45) is 5.72. The molecule has 8 heteroatoms. The minimum absolute atomic E-state index is 0.0165. The standard InChI is InChI=1S/C20H30N4O2S2/c1-5-14-7-8-16-15(11-14)12-17(28-16)18-22-23-20(24(18)3)27-13(2)19(25)21-9-6-10-26-4/h12-14H,5-11H2,1-4H3,(H,21,25). The molecule has 6 nitrogen and oxygen atoms in total. The number of carbonyl (C=O) groups is 1. The van der Waals surface area contributed by atoms with Crippen LogP contribution in [0.25, 0.3) is 10.7 Å². The van der Waals surface area contributed by atoms with E-state index in [2.05, 4.69) is 28.5 Å². The van der Waals surface area contributed by atoms with Crippen LogP contribution in [0.1, 0.15) is 43.6 Å². The highest BCUT2D eigenvalue weighted by Gasteiger charge is 2.23. The van der Waals surface area contributed by atoms with Crippen LogP contribution in [-0.2, 0) is 29.4 Å². The number of nitrogens with zero attached hydrogens (tertiary/aromatic N) is 3. The molecule has 0 aliphatic heterocycles. The van der Waals surface area contributed by atoms with Crippen LogP contribution in [0.4, 0.5) is 0 Å². The largest absolute Gasteiger partial charge is 0.385 e. The predicted molar refractivity (Wildman–Crippen MR) is 115 cm³/mol. The Hall–Kier alpha value is -1.38. The molecule has 2 aromatic rings. The van der Waals surface area contributed by atoms with Crippen molar-refractivity contribution < 1.29 is 9.53 Å². The molecule has 0 saturated carbocycles. The third-order valence-corrected chi connectivity index (χ3v) is 7.66. The molecule has 1 N–H and O–H groups in total. The zero-order valence-electron chi connectivity index (χ0n) is 17.2. The minimum atomic E-state index is -0.222. The molecule has 3 rings (SSSR count). The van der Waals surface area contributed by atoms with Gasteiger partial charge in [0.05, 0.1) is 10.1 Å². The first-order valence-electron chi connectivity index (χ1n) is 9.98. The summed E-state index contributed by atoms with van der Waals surface area (Å²) in [6, 6.07) is 2.30. The molecule has 1 aliphatic rings. The van der Waals surface area contributed by atoms with Gasteiger partial charge < -0.3 is 14.6 Å². The maximum absolute atomic E-state index is 12.3. The van der Waals surface area contributed by atoms with Gasteiger partial charge in [-0.2, -0.15) is 0 Å². The number of carbonyl (C=O) groups excluding carboxylic acids is 1. The molecule has 28 heavy (non-hydrogen) atoms. The molecule has 0 aromatic carbocycles. The summed E-state index contributed by atoms with van der Waals surface area (Å²) in [6.45, 7) is 5.46. The molecule has 0 radical (unpaired) electrons. The Kier molecular flexibility index (Phi) is 7.54. The van der Waals surface area contributed by atoms with E-state index in [4.69, 9.17) is 4.74 Å². The van der Waals surface area contributed by atoms with Gasteiger partial charge in [-0.05, 0) is 50.2 Å². The fourth-order valence-electron chi connectivity index (χ4n) is 3.47. The van der Waals surface area contributed by atoms with Gasteiger partial charge in [-0.25, -0.2) is 0 Å². The number of nitrogens with one attached hydrogen (secondary N) is 1. The molecule has 0 spiro atoms. The van der Waals surface area contributed by atoms with E-state index in [0.717, 1.165) is 23.3 Å². The first kappa shape index (κ1) is 21.3. The summed E-state index contributed by atoms with van der Waals surface area (Å²) < 4.78 is 7.01. The lowest BCUT2D eigenvalue weighted by atomic mass is 9.87. The summed E-state index contributed by atoms with van der Waals surface area (Å²) >= 11 is 3.29. The lowest BCUT2D eigenvalue weighted by molar-refractivity contribution is -0.120. The molecule has 2 atom stereocenters. The number of rotatable bonds is 9. The van der Waals surface area contributed by atoms with Gasteiger partial charge in [0.15, 0.2) is 11.0 Å². The molecule has 154 valence electrons. The second-order valence-electron chi connectivity index (χ2n) is 7.34. The van der Waals surface area contributed by atoms with Crippen molar-refractivity contribution in [2.75, 3.05) is 20.3 Å². The van der Waals surface area contributed by atoms with Crippen LogP contribution < -0.4 is 5.32 Å². The zero-order valence-corrected chi connectivity index (χ0v) is 18.8. The molecule has 0 fully saturated rings. The number of aromatic nitrogens is 3. The average molecular weight is 423 g/mol. The highest BCUT2D eigenvalue weighted by molar-refractivity contribution is 8.00. The molecule has 2 heterocycles. The third-order valence-electron chi connectivity index (χ3n) is 5.29. The maximum atomic E-state index is 12.3. The minimum Gasteiger partial charge on any atom is -0.385 e. The van der Waals surface area contributed by atoms with E-state index in [-0.39, 0.29) is 11.2 Å². The van der Waals surface area contributed by atoms with Gasteiger partial charge in [0.25, 0.3) is 0 Å². The van der Waals surface area contributed by atoms with Crippen LogP contribution in [0.2, 0.25) is 0 Å². The number of amides is 1. The zero-order chi connectivity index (χ0) is 20.1. The number of fused-ring (bicyclic) bond motifs is 1. The second kappa shape index (κ2) is 9.89. The topological polar surface area (TPSA) is 69.0 Å². The monoisotopic (exact) mass is 422 g/mol. The summed E-state index contributed by atoms with van der Waals surface area (Å²) in [7, 11) is 3.65. The van der Waals surface area contributed by atoms with E-state index in [9.17, 15) is 4.79 Å². The number of thioether (sulfide) groups is 1. The molecule has 1 amide bonds. The Morgan fingerprint density at radius 1 is 1.50 bits per heavy atom. The predicted octanol–water partition coefficient (Wildman–Crippen LogP) is 3.69. The van der Waals surface area contributed by atoms with Crippen molar-refractivity contribution in [1.29, 1.82) is 0 Å². The lowest BCUT2D eigenvalue weighted by Crippen LogP contribution is -2.32. The van der Waals surface area contributed by atoms with E-state index in [0.29, 0.717) is 13.2 Å². The Morgan fingerprint density at radius 3 is 3.07 bits per heavy atom. The maximum Gasteiger partial charge on any atom is 0.233 e. The van der Waals surface area contributed by atoms with E-state index in [1.807, 2.05) is 29.9 Å². The first-order chi connectivity index (χ1) is 13.5. The second-order valence-corrected chi connectivity index (χ2v) is 9.78. The highest BCUT2D eigenvalue weighted by atomic mass is 32.2. The van der Waals surface area contributed by atoms with Crippen LogP contribution in [0.3, 0.4) is 0 Å². The van der Waals surface area contributed by atoms with Gasteiger partial charge >= 0.3 is 0 Å². The van der Waals surface area contributed by atoms with Crippen molar-refractivity contribution in [3.05, 3.63) is 16.5 Å². The normalized spacial score (nSPS) is 17.4. The molecule has 2 aromatic heterocycles. The smallest absolute Gasteiger partial charge is 0.233 e. The van der Waals surface area contributed by atoms with Crippen molar-refractivity contribution >= 4 is 29.0 Å². The van der Waals surface area contributed by atoms with Gasteiger partial charge in [-0.1, -0.05) is 25.1 Å². The van der Waals surface area contributed by atoms with E-state index >= 15 is 0 Å². The molecular weight excluding hydrogens is 392 g/mol. The van der Waals surface area contributed by atoms with Crippen LogP contribution >= 0.6 is 23.1 Å². The van der Waals surface area contributed by atoms with Gasteiger partial charge in [0, 0.05) is 32.2 Å². The van der Waals surface area contributed by atoms with E-state index in [1.54, 1.807) is 7.11 Å². The Labute approximate surface area is 175 Å². The van der Waals surface area contributed by atoms with Crippen molar-refractivity contribution in [2.45, 2.75) is 56.4 Å². The summed E-state index contributed by atoms with van der Waals surface area (Å²) in [5.74, 6) is 1.72. The lowest BCUT2D eigenvalue weighted by Gasteiger charge is -2.19. The number of hydrogen-bond acceptors (Lipinski definition) is 6. The average Bonchev–Trinajstić information content (AvgIpc) is 3.27.